The summed E-state index contributed by atoms with van der Waals surface area (Å²) >= 11 is 1.70. The maximum Gasteiger partial charge on any atom is 0.410 e. The number of nitrogens with zero attached hydrogens (tertiary/aromatic N) is 5. The van der Waals surface area contributed by atoms with Crippen molar-refractivity contribution in [2.75, 3.05) is 31.1 Å². The smallest absolute Gasteiger partial charge is 0.410 e. The number of oxazole rings is 1. The standard InChI is InChI=1S/C32H35N5O4S/c1-32(2,3)41-31(39)36-14-12-35(13-15-36)26-6-4-5-23(17-26)29(38)28-18-24-20-37(21-25(24)19-34-28)42-27-9-7-22(8-10-27)30-33-11-16-40-30/h4-11,16-19,29,38H,12-15,20-21H2,1-3H3. The first kappa shape index (κ1) is 28.3. The van der Waals surface area contributed by atoms with Gasteiger partial charge in [-0.2, -0.15) is 0 Å². The third kappa shape index (κ3) is 6.46. The molecule has 0 aliphatic carbocycles. The summed E-state index contributed by atoms with van der Waals surface area (Å²) in [6.07, 6.45) is 4.01. The van der Waals surface area contributed by atoms with Crippen molar-refractivity contribution < 1.29 is 19.1 Å². The van der Waals surface area contributed by atoms with Gasteiger partial charge in [-0.15, -0.1) is 0 Å². The number of aliphatic hydroxyl groups excluding tert-OH is 1. The Balaban J connectivity index is 1.07. The fourth-order valence-electron chi connectivity index (χ4n) is 5.19. The molecule has 1 N–H and O–H groups in total. The molecule has 0 bridgehead atoms. The largest absolute Gasteiger partial charge is 0.445 e. The Labute approximate surface area is 250 Å². The molecule has 1 fully saturated rings. The third-order valence-electron chi connectivity index (χ3n) is 7.33. The number of aromatic nitrogens is 2. The second kappa shape index (κ2) is 11.8. The minimum absolute atomic E-state index is 0.272. The number of hydrogen-bond acceptors (Lipinski definition) is 9. The lowest BCUT2D eigenvalue weighted by molar-refractivity contribution is 0.0240. The predicted molar refractivity (Wildman–Crippen MR) is 162 cm³/mol. The van der Waals surface area contributed by atoms with E-state index in [0.29, 0.717) is 37.8 Å². The molecule has 218 valence electrons. The Morgan fingerprint density at radius 1 is 1.00 bits per heavy atom. The molecule has 2 aliphatic rings. The van der Waals surface area contributed by atoms with Gasteiger partial charge < -0.3 is 24.1 Å². The van der Waals surface area contributed by atoms with Crippen LogP contribution in [0, 0.1) is 0 Å². The van der Waals surface area contributed by atoms with Crippen molar-refractivity contribution in [1.82, 2.24) is 19.2 Å². The highest BCUT2D eigenvalue weighted by atomic mass is 32.2. The summed E-state index contributed by atoms with van der Waals surface area (Å²) in [6.45, 7) is 9.78. The van der Waals surface area contributed by atoms with Crippen molar-refractivity contribution in [3.05, 3.63) is 95.6 Å². The average molecular weight is 586 g/mol. The summed E-state index contributed by atoms with van der Waals surface area (Å²) in [5.41, 5.74) is 5.25. The quantitative estimate of drug-likeness (QED) is 0.278. The second-order valence-corrected chi connectivity index (χ2v) is 12.8. The van der Waals surface area contributed by atoms with E-state index in [1.165, 1.54) is 11.1 Å². The van der Waals surface area contributed by atoms with Crippen LogP contribution in [0.2, 0.25) is 0 Å². The Morgan fingerprint density at radius 2 is 1.76 bits per heavy atom. The van der Waals surface area contributed by atoms with Gasteiger partial charge in [-0.1, -0.05) is 12.1 Å². The summed E-state index contributed by atoms with van der Waals surface area (Å²) in [5, 5.41) is 11.3. The number of hydrogen-bond donors (Lipinski definition) is 1. The van der Waals surface area contributed by atoms with E-state index in [9.17, 15) is 9.90 Å². The van der Waals surface area contributed by atoms with Crippen LogP contribution in [0.5, 0.6) is 0 Å². The molecule has 6 rings (SSSR count). The number of carbonyl (C=O) groups is 1. The van der Waals surface area contributed by atoms with Crippen LogP contribution in [0.1, 0.15) is 49.3 Å². The van der Waals surface area contributed by atoms with Gasteiger partial charge in [-0.25, -0.2) is 14.1 Å². The number of benzene rings is 2. The minimum Gasteiger partial charge on any atom is -0.445 e. The fraction of sp³-hybridized carbons (Fsp3) is 0.344. The van der Waals surface area contributed by atoms with E-state index in [1.54, 1.807) is 29.3 Å². The monoisotopic (exact) mass is 585 g/mol. The molecule has 1 amide bonds. The van der Waals surface area contributed by atoms with Crippen LogP contribution in [0.3, 0.4) is 0 Å². The van der Waals surface area contributed by atoms with Gasteiger partial charge in [-0.3, -0.25) is 4.98 Å². The van der Waals surface area contributed by atoms with E-state index in [4.69, 9.17) is 9.15 Å². The Bertz CT molecular complexity index is 1530. The SMILES string of the molecule is CC(C)(C)OC(=O)N1CCN(c2cccc(C(O)c3cc4c(cn3)CN(Sc3ccc(-c5ncco5)cc3)C4)c2)CC1. The molecule has 1 atom stereocenters. The third-order valence-corrected chi connectivity index (χ3v) is 8.33. The molecule has 0 radical (unpaired) electrons. The number of piperazine rings is 1. The maximum absolute atomic E-state index is 12.4. The molecule has 42 heavy (non-hydrogen) atoms. The normalized spacial score (nSPS) is 16.4. The Hall–Kier alpha value is -3.86. The van der Waals surface area contributed by atoms with Crippen LogP contribution >= 0.6 is 11.9 Å². The number of anilines is 1. The molecule has 2 aliphatic heterocycles. The van der Waals surface area contributed by atoms with Gasteiger partial charge in [0.15, 0.2) is 0 Å². The molecule has 4 heterocycles. The van der Waals surface area contributed by atoms with Gasteiger partial charge in [0, 0.05) is 61.6 Å². The molecular weight excluding hydrogens is 550 g/mol. The fourth-order valence-corrected chi connectivity index (χ4v) is 6.16. The lowest BCUT2D eigenvalue weighted by atomic mass is 10.0. The number of aliphatic hydroxyl groups is 1. The molecule has 1 saturated heterocycles. The maximum atomic E-state index is 12.4. The van der Waals surface area contributed by atoms with Crippen LogP contribution in [-0.4, -0.2) is 62.2 Å². The summed E-state index contributed by atoms with van der Waals surface area (Å²) in [6, 6.07) is 18.2. The first-order valence-electron chi connectivity index (χ1n) is 14.1. The number of carbonyl (C=O) groups excluding carboxylic acids is 1. The second-order valence-electron chi connectivity index (χ2n) is 11.6. The van der Waals surface area contributed by atoms with Gasteiger partial charge in [0.05, 0.1) is 11.9 Å². The Morgan fingerprint density at radius 3 is 2.48 bits per heavy atom. The number of amides is 1. The first-order valence-corrected chi connectivity index (χ1v) is 14.9. The summed E-state index contributed by atoms with van der Waals surface area (Å²) in [5.74, 6) is 0.614. The molecule has 9 nitrogen and oxygen atoms in total. The molecule has 0 saturated carbocycles. The summed E-state index contributed by atoms with van der Waals surface area (Å²) < 4.78 is 13.2. The lowest BCUT2D eigenvalue weighted by Crippen LogP contribution is -2.50. The topological polar surface area (TPSA) is 95.2 Å². The van der Waals surface area contributed by atoms with Crippen molar-refractivity contribution in [3.8, 4) is 11.5 Å². The highest BCUT2D eigenvalue weighted by Gasteiger charge is 2.27. The van der Waals surface area contributed by atoms with E-state index >= 15 is 0 Å². The van der Waals surface area contributed by atoms with Gasteiger partial charge in [0.2, 0.25) is 5.89 Å². The van der Waals surface area contributed by atoms with Gasteiger partial charge >= 0.3 is 6.09 Å². The highest BCUT2D eigenvalue weighted by molar-refractivity contribution is 7.97. The molecule has 2 aromatic heterocycles. The van der Waals surface area contributed by atoms with Gasteiger partial charge in [0.25, 0.3) is 0 Å². The number of ether oxygens (including phenoxy) is 1. The van der Waals surface area contributed by atoms with Crippen molar-refractivity contribution in [1.29, 1.82) is 0 Å². The first-order chi connectivity index (χ1) is 20.2. The van der Waals surface area contributed by atoms with Gasteiger partial charge in [-0.05, 0) is 91.9 Å². The van der Waals surface area contributed by atoms with Crippen LogP contribution in [-0.2, 0) is 17.8 Å². The van der Waals surface area contributed by atoms with Crippen LogP contribution in [0.15, 0.2) is 82.6 Å². The predicted octanol–water partition coefficient (Wildman–Crippen LogP) is 5.90. The minimum atomic E-state index is -0.831. The number of rotatable bonds is 6. The molecular formula is C32H35N5O4S. The van der Waals surface area contributed by atoms with Crippen LogP contribution < -0.4 is 4.90 Å². The highest BCUT2D eigenvalue weighted by Crippen LogP contribution is 2.35. The molecule has 10 heteroatoms. The van der Waals surface area contributed by atoms with E-state index in [2.05, 4.69) is 31.3 Å². The van der Waals surface area contributed by atoms with Crippen molar-refractivity contribution in [3.63, 3.8) is 0 Å². The average Bonchev–Trinajstić information content (AvgIpc) is 3.66. The van der Waals surface area contributed by atoms with E-state index in [0.717, 1.165) is 34.8 Å². The van der Waals surface area contributed by atoms with Gasteiger partial charge in [0.1, 0.15) is 18.0 Å². The van der Waals surface area contributed by atoms with Crippen molar-refractivity contribution >= 4 is 23.7 Å². The van der Waals surface area contributed by atoms with E-state index in [-0.39, 0.29) is 6.09 Å². The van der Waals surface area contributed by atoms with E-state index < -0.39 is 11.7 Å². The zero-order valence-electron chi connectivity index (χ0n) is 24.1. The Kier molecular flexibility index (Phi) is 7.94. The molecule has 2 aromatic carbocycles. The number of fused-ring (bicyclic) bond motifs is 1. The summed E-state index contributed by atoms with van der Waals surface area (Å²) in [7, 11) is 0. The van der Waals surface area contributed by atoms with Crippen molar-refractivity contribution in [2.24, 2.45) is 0 Å². The molecule has 4 aromatic rings. The zero-order valence-corrected chi connectivity index (χ0v) is 24.9. The van der Waals surface area contributed by atoms with Crippen LogP contribution in [0.4, 0.5) is 10.5 Å². The lowest BCUT2D eigenvalue weighted by Gasteiger charge is -2.37. The van der Waals surface area contributed by atoms with Crippen molar-refractivity contribution in [2.45, 2.75) is 50.5 Å². The van der Waals surface area contributed by atoms with Crippen LogP contribution in [0.25, 0.3) is 11.5 Å². The molecule has 0 spiro atoms. The number of pyridine rings is 1. The zero-order chi connectivity index (χ0) is 29.3. The molecule has 1 unspecified atom stereocenters. The van der Waals surface area contributed by atoms with E-state index in [1.807, 2.05) is 69.4 Å². The summed E-state index contributed by atoms with van der Waals surface area (Å²) in [4.78, 5) is 26.4.